The van der Waals surface area contributed by atoms with Crippen molar-refractivity contribution >= 4 is 49.0 Å². The van der Waals surface area contributed by atoms with Gasteiger partial charge in [-0.15, -0.1) is 22.9 Å². The molecule has 0 nitrogen and oxygen atoms in total. The zero-order valence-corrected chi connectivity index (χ0v) is 14.7. The maximum absolute atomic E-state index is 6.87. The predicted octanol–water partition coefficient (Wildman–Crippen LogP) is 7.30. The number of alkyl halides is 1. The van der Waals surface area contributed by atoms with E-state index in [9.17, 15) is 0 Å². The normalized spacial score (nSPS) is 19.7. The molecule has 1 saturated carbocycles. The Labute approximate surface area is 138 Å². The van der Waals surface area contributed by atoms with Crippen LogP contribution in [-0.2, 0) is 0 Å². The zero-order chi connectivity index (χ0) is 13.9. The van der Waals surface area contributed by atoms with Crippen molar-refractivity contribution in [1.82, 2.24) is 0 Å². The van der Waals surface area contributed by atoms with Crippen molar-refractivity contribution < 1.29 is 0 Å². The van der Waals surface area contributed by atoms with Gasteiger partial charge in [0.1, 0.15) is 0 Å². The minimum atomic E-state index is 0.177. The molecular formula is C17H20BrClS. The molecule has 20 heavy (non-hydrogen) atoms. The fourth-order valence-corrected chi connectivity index (χ4v) is 5.46. The van der Waals surface area contributed by atoms with Gasteiger partial charge in [-0.25, -0.2) is 0 Å². The van der Waals surface area contributed by atoms with Gasteiger partial charge in [0.2, 0.25) is 0 Å². The van der Waals surface area contributed by atoms with Gasteiger partial charge in [-0.1, -0.05) is 44.2 Å². The van der Waals surface area contributed by atoms with Crippen LogP contribution in [0, 0.1) is 5.92 Å². The van der Waals surface area contributed by atoms with E-state index in [0.29, 0.717) is 5.92 Å². The third-order valence-corrected chi connectivity index (χ3v) is 7.00. The number of thiophene rings is 1. The third kappa shape index (κ3) is 3.08. The van der Waals surface area contributed by atoms with Gasteiger partial charge in [0, 0.05) is 9.17 Å². The van der Waals surface area contributed by atoms with E-state index < -0.39 is 0 Å². The first-order valence-corrected chi connectivity index (χ1v) is 9.68. The fourth-order valence-electron chi connectivity index (χ4n) is 3.29. The average Bonchev–Trinajstić information content (AvgIpc) is 2.83. The molecule has 2 aromatic rings. The van der Waals surface area contributed by atoms with Crippen LogP contribution in [0.5, 0.6) is 0 Å². The molecule has 0 saturated heterocycles. The van der Waals surface area contributed by atoms with Crippen LogP contribution in [0.25, 0.3) is 10.1 Å². The molecule has 0 aliphatic heterocycles. The number of halogens is 2. The highest BCUT2D eigenvalue weighted by Crippen LogP contribution is 2.43. The molecule has 1 aromatic carbocycles. The highest BCUT2D eigenvalue weighted by Gasteiger charge is 2.24. The highest BCUT2D eigenvalue weighted by molar-refractivity contribution is 9.10. The first kappa shape index (κ1) is 14.9. The molecule has 108 valence electrons. The minimum absolute atomic E-state index is 0.177. The highest BCUT2D eigenvalue weighted by atomic mass is 79.9. The predicted molar refractivity (Wildman–Crippen MR) is 93.9 cm³/mol. The number of rotatable bonds is 2. The molecule has 0 N–H and O–H groups in total. The summed E-state index contributed by atoms with van der Waals surface area (Å²) in [5.41, 5.74) is 1.35. The standard InChI is InChI=1S/C17H20BrClS/c18-15-10-6-9-13-14(11-20-17(13)15)16(19)12-7-4-2-1-3-5-8-12/h6,9-12,16H,1-5,7-8H2. The van der Waals surface area contributed by atoms with Crippen LogP contribution >= 0.6 is 38.9 Å². The van der Waals surface area contributed by atoms with Crippen molar-refractivity contribution in [1.29, 1.82) is 0 Å². The van der Waals surface area contributed by atoms with Gasteiger partial charge >= 0.3 is 0 Å². The Morgan fingerprint density at radius 1 is 1.10 bits per heavy atom. The summed E-state index contributed by atoms with van der Waals surface area (Å²) in [5.74, 6) is 0.647. The molecule has 0 radical (unpaired) electrons. The van der Waals surface area contributed by atoms with Crippen molar-refractivity contribution in [2.24, 2.45) is 5.92 Å². The van der Waals surface area contributed by atoms with Crippen LogP contribution < -0.4 is 0 Å². The number of benzene rings is 1. The van der Waals surface area contributed by atoms with Gasteiger partial charge in [-0.2, -0.15) is 0 Å². The molecule has 3 rings (SSSR count). The van der Waals surface area contributed by atoms with Gasteiger partial charge in [-0.3, -0.25) is 0 Å². The fraction of sp³-hybridized carbons (Fsp3) is 0.529. The maximum Gasteiger partial charge on any atom is 0.0627 e. The molecule has 1 aromatic heterocycles. The summed E-state index contributed by atoms with van der Waals surface area (Å²) in [4.78, 5) is 0. The number of fused-ring (bicyclic) bond motifs is 1. The van der Waals surface area contributed by atoms with E-state index in [-0.39, 0.29) is 5.38 Å². The Kier molecular flexibility index (Phi) is 5.06. The molecule has 0 spiro atoms. The van der Waals surface area contributed by atoms with Crippen LogP contribution in [0.4, 0.5) is 0 Å². The van der Waals surface area contributed by atoms with Gasteiger partial charge < -0.3 is 0 Å². The molecule has 1 unspecified atom stereocenters. The molecule has 1 aliphatic carbocycles. The molecule has 3 heteroatoms. The summed E-state index contributed by atoms with van der Waals surface area (Å²) in [6.45, 7) is 0. The topological polar surface area (TPSA) is 0 Å². The smallest absolute Gasteiger partial charge is 0.0627 e. The summed E-state index contributed by atoms with van der Waals surface area (Å²) in [6.07, 6.45) is 9.46. The van der Waals surface area contributed by atoms with Gasteiger partial charge in [-0.05, 0) is 57.1 Å². The van der Waals surface area contributed by atoms with Gasteiger partial charge in [0.05, 0.1) is 5.38 Å². The summed E-state index contributed by atoms with van der Waals surface area (Å²) in [6, 6.07) is 6.44. The maximum atomic E-state index is 6.87. The molecule has 1 fully saturated rings. The number of hydrogen-bond donors (Lipinski definition) is 0. The van der Waals surface area contributed by atoms with Crippen LogP contribution in [0.1, 0.15) is 55.9 Å². The largest absolute Gasteiger partial charge is 0.142 e. The zero-order valence-electron chi connectivity index (χ0n) is 11.6. The third-order valence-electron chi connectivity index (χ3n) is 4.44. The Morgan fingerprint density at radius 3 is 2.55 bits per heavy atom. The Hall–Kier alpha value is -0.0500. The van der Waals surface area contributed by atoms with Gasteiger partial charge in [0.15, 0.2) is 0 Å². The Morgan fingerprint density at radius 2 is 1.80 bits per heavy atom. The Bertz CT molecular complexity index is 569. The van der Waals surface area contributed by atoms with Crippen molar-refractivity contribution in [2.75, 3.05) is 0 Å². The molecule has 0 bridgehead atoms. The second-order valence-electron chi connectivity index (χ2n) is 5.81. The van der Waals surface area contributed by atoms with E-state index in [1.165, 1.54) is 65.1 Å². The monoisotopic (exact) mass is 370 g/mol. The molecular weight excluding hydrogens is 352 g/mol. The van der Waals surface area contributed by atoms with E-state index in [1.54, 1.807) is 0 Å². The van der Waals surface area contributed by atoms with Crippen LogP contribution in [0.3, 0.4) is 0 Å². The van der Waals surface area contributed by atoms with Crippen LogP contribution in [0.2, 0.25) is 0 Å². The van der Waals surface area contributed by atoms with E-state index in [1.807, 2.05) is 11.3 Å². The lowest BCUT2D eigenvalue weighted by Crippen LogP contribution is -2.10. The molecule has 0 amide bonds. The molecule has 1 heterocycles. The second-order valence-corrected chi connectivity index (χ2v) is 8.02. The van der Waals surface area contributed by atoms with E-state index in [2.05, 4.69) is 39.5 Å². The molecule has 1 atom stereocenters. The molecule has 1 aliphatic rings. The lowest BCUT2D eigenvalue weighted by atomic mass is 9.86. The Balaban J connectivity index is 1.87. The van der Waals surface area contributed by atoms with Gasteiger partial charge in [0.25, 0.3) is 0 Å². The van der Waals surface area contributed by atoms with E-state index in [4.69, 9.17) is 11.6 Å². The van der Waals surface area contributed by atoms with E-state index in [0.717, 1.165) is 0 Å². The lowest BCUT2D eigenvalue weighted by molar-refractivity contribution is 0.369. The summed E-state index contributed by atoms with van der Waals surface area (Å²) in [7, 11) is 0. The first-order chi connectivity index (χ1) is 9.77. The van der Waals surface area contributed by atoms with Crippen LogP contribution in [-0.4, -0.2) is 0 Å². The SMILES string of the molecule is ClC(c1csc2c(Br)cccc12)C1CCCCCCC1. The minimum Gasteiger partial charge on any atom is -0.142 e. The number of hydrogen-bond acceptors (Lipinski definition) is 1. The van der Waals surface area contributed by atoms with Crippen LogP contribution in [0.15, 0.2) is 28.1 Å². The average molecular weight is 372 g/mol. The van der Waals surface area contributed by atoms with Crippen molar-refractivity contribution in [3.05, 3.63) is 33.6 Å². The second kappa shape index (κ2) is 6.81. The summed E-state index contributed by atoms with van der Waals surface area (Å²) >= 11 is 12.3. The van der Waals surface area contributed by atoms with Crippen molar-refractivity contribution in [3.63, 3.8) is 0 Å². The quantitative estimate of drug-likeness (QED) is 0.486. The lowest BCUT2D eigenvalue weighted by Gasteiger charge is -2.24. The summed E-state index contributed by atoms with van der Waals surface area (Å²) < 4.78 is 2.52. The van der Waals surface area contributed by atoms with Crippen molar-refractivity contribution in [2.45, 2.75) is 50.3 Å². The summed E-state index contributed by atoms with van der Waals surface area (Å²) in [5, 5.41) is 3.79. The van der Waals surface area contributed by atoms with Crippen molar-refractivity contribution in [3.8, 4) is 0 Å². The first-order valence-electron chi connectivity index (χ1n) is 7.57. The van der Waals surface area contributed by atoms with E-state index >= 15 is 0 Å².